The summed E-state index contributed by atoms with van der Waals surface area (Å²) in [5, 5.41) is 19.0. The summed E-state index contributed by atoms with van der Waals surface area (Å²) >= 11 is 1.51. The zero-order valence-electron chi connectivity index (χ0n) is 25.5. The van der Waals surface area contributed by atoms with E-state index in [-0.39, 0.29) is 24.9 Å². The molecule has 0 spiro atoms. The van der Waals surface area contributed by atoms with Crippen molar-refractivity contribution >= 4 is 40.1 Å². The smallest absolute Gasteiger partial charge is 0.330 e. The van der Waals surface area contributed by atoms with Gasteiger partial charge in [0.05, 0.1) is 24.9 Å². The van der Waals surface area contributed by atoms with Crippen LogP contribution in [0.1, 0.15) is 57.6 Å². The highest BCUT2D eigenvalue weighted by Gasteiger charge is 2.60. The fourth-order valence-electron chi connectivity index (χ4n) is 5.26. The SMILES string of the molecule is COc1ccc2c(OCCC3NC(=O)N(C)CCCC/C=C/C4CC4(C(=O)O)NC3=O)cc(-c3nc(C(C)C)cs3)nc2c1. The molecule has 44 heavy (non-hydrogen) atoms. The van der Waals surface area contributed by atoms with Gasteiger partial charge in [0.1, 0.15) is 33.8 Å². The first kappa shape index (κ1) is 31.2. The largest absolute Gasteiger partial charge is 0.497 e. The Morgan fingerprint density at radius 3 is 2.77 bits per heavy atom. The molecule has 3 N–H and O–H groups in total. The molecule has 3 aromatic rings. The molecule has 1 saturated carbocycles. The molecule has 1 aliphatic heterocycles. The van der Waals surface area contributed by atoms with E-state index >= 15 is 0 Å². The second-order valence-corrected chi connectivity index (χ2v) is 12.5. The number of thiazole rings is 1. The number of rotatable bonds is 8. The number of carbonyl (C=O) groups excluding carboxylic acids is 2. The number of methoxy groups -OCH3 is 1. The number of nitrogens with zero attached hydrogens (tertiary/aromatic N) is 3. The van der Waals surface area contributed by atoms with Crippen LogP contribution in [0.4, 0.5) is 4.79 Å². The maximum absolute atomic E-state index is 13.5. The second-order valence-electron chi connectivity index (χ2n) is 11.7. The summed E-state index contributed by atoms with van der Waals surface area (Å²) in [6.45, 7) is 4.79. The van der Waals surface area contributed by atoms with Crippen molar-refractivity contribution in [2.45, 2.75) is 63.5 Å². The second kappa shape index (κ2) is 13.2. The number of nitrogens with one attached hydrogen (secondary N) is 2. The predicted octanol–water partition coefficient (Wildman–Crippen LogP) is 4.97. The number of benzene rings is 1. The van der Waals surface area contributed by atoms with Gasteiger partial charge in [-0.1, -0.05) is 26.0 Å². The fraction of sp³-hybridized carbons (Fsp3) is 0.469. The first-order chi connectivity index (χ1) is 21.1. The maximum Gasteiger partial charge on any atom is 0.330 e. The van der Waals surface area contributed by atoms with E-state index in [0.717, 1.165) is 35.4 Å². The lowest BCUT2D eigenvalue weighted by Gasteiger charge is -2.25. The van der Waals surface area contributed by atoms with Gasteiger partial charge in [0.15, 0.2) is 0 Å². The molecule has 12 heteroatoms. The Balaban J connectivity index is 1.39. The van der Waals surface area contributed by atoms with Crippen molar-refractivity contribution in [2.24, 2.45) is 5.92 Å². The number of aliphatic carboxylic acids is 1. The Hall–Kier alpha value is -4.19. The van der Waals surface area contributed by atoms with Crippen molar-refractivity contribution in [3.8, 4) is 22.2 Å². The number of pyridine rings is 1. The van der Waals surface area contributed by atoms with Crippen molar-refractivity contribution in [1.29, 1.82) is 0 Å². The number of ether oxygens (including phenoxy) is 2. The van der Waals surface area contributed by atoms with Crippen LogP contribution in [0.15, 0.2) is 41.8 Å². The van der Waals surface area contributed by atoms with Crippen LogP contribution in [0.25, 0.3) is 21.6 Å². The first-order valence-electron chi connectivity index (χ1n) is 14.9. The molecule has 5 rings (SSSR count). The van der Waals surface area contributed by atoms with Crippen LogP contribution in [0.2, 0.25) is 0 Å². The number of hydrogen-bond donors (Lipinski definition) is 3. The average molecular weight is 622 g/mol. The number of amides is 3. The zero-order chi connectivity index (χ0) is 31.4. The monoisotopic (exact) mass is 621 g/mol. The minimum atomic E-state index is -1.37. The molecule has 3 atom stereocenters. The van der Waals surface area contributed by atoms with E-state index in [4.69, 9.17) is 19.4 Å². The van der Waals surface area contributed by atoms with Crippen molar-refractivity contribution in [1.82, 2.24) is 25.5 Å². The minimum absolute atomic E-state index is 0.0746. The summed E-state index contributed by atoms with van der Waals surface area (Å²) in [5.41, 5.74) is 0.929. The molecule has 1 fully saturated rings. The maximum atomic E-state index is 13.5. The molecule has 3 heterocycles. The molecule has 0 radical (unpaired) electrons. The Morgan fingerprint density at radius 1 is 1.23 bits per heavy atom. The molecular formula is C32H39N5O6S. The quantitative estimate of drug-likeness (QED) is 0.299. The summed E-state index contributed by atoms with van der Waals surface area (Å²) < 4.78 is 11.7. The molecular weight excluding hydrogens is 582 g/mol. The third-order valence-corrected chi connectivity index (χ3v) is 9.05. The van der Waals surface area contributed by atoms with E-state index in [2.05, 4.69) is 24.5 Å². The van der Waals surface area contributed by atoms with Gasteiger partial charge < -0.3 is 30.1 Å². The van der Waals surface area contributed by atoms with Gasteiger partial charge in [0.25, 0.3) is 0 Å². The summed E-state index contributed by atoms with van der Waals surface area (Å²) in [6.07, 6.45) is 6.74. The molecule has 3 unspecified atom stereocenters. The van der Waals surface area contributed by atoms with Crippen LogP contribution in [0, 0.1) is 5.92 Å². The van der Waals surface area contributed by atoms with Crippen molar-refractivity contribution in [2.75, 3.05) is 27.3 Å². The van der Waals surface area contributed by atoms with Crippen LogP contribution >= 0.6 is 11.3 Å². The number of fused-ring (bicyclic) bond motifs is 2. The van der Waals surface area contributed by atoms with Gasteiger partial charge in [-0.05, 0) is 43.7 Å². The number of allylic oxidation sites excluding steroid dienone is 1. The van der Waals surface area contributed by atoms with Gasteiger partial charge in [-0.25, -0.2) is 19.6 Å². The Labute approximate surface area is 260 Å². The third kappa shape index (κ3) is 6.80. The standard InChI is InChI=1S/C32H39N5O6S/c1-19(2)26-18-44-29(34-26)25-16-27(22-11-10-21(42-4)15-24(22)33-25)43-14-12-23-28(38)36-32(30(39)40)17-20(32)9-7-5-6-8-13-37(3)31(41)35-23/h7,9-11,15-16,18-20,23H,5-6,8,12-14,17H2,1-4H3,(H,35,41)(H,36,38)(H,39,40)/b9-7+. The molecule has 0 bridgehead atoms. The molecule has 234 valence electrons. The number of carbonyl (C=O) groups is 3. The van der Waals surface area contributed by atoms with E-state index in [1.807, 2.05) is 41.8 Å². The molecule has 11 nitrogen and oxygen atoms in total. The minimum Gasteiger partial charge on any atom is -0.497 e. The van der Waals surface area contributed by atoms with Gasteiger partial charge in [-0.15, -0.1) is 11.3 Å². The van der Waals surface area contributed by atoms with E-state index < -0.39 is 29.5 Å². The highest BCUT2D eigenvalue weighted by molar-refractivity contribution is 7.13. The molecule has 2 aromatic heterocycles. The van der Waals surface area contributed by atoms with Crippen molar-refractivity contribution in [3.63, 3.8) is 0 Å². The van der Waals surface area contributed by atoms with Gasteiger partial charge in [0.2, 0.25) is 5.91 Å². The first-order valence-corrected chi connectivity index (χ1v) is 15.8. The molecule has 0 saturated heterocycles. The number of aromatic nitrogens is 2. The van der Waals surface area contributed by atoms with Crippen LogP contribution in [-0.2, 0) is 9.59 Å². The fourth-order valence-corrected chi connectivity index (χ4v) is 6.20. The van der Waals surface area contributed by atoms with E-state index in [9.17, 15) is 19.5 Å². The van der Waals surface area contributed by atoms with E-state index in [0.29, 0.717) is 35.7 Å². The normalized spacial score (nSPS) is 23.3. The zero-order valence-corrected chi connectivity index (χ0v) is 26.3. The highest BCUT2D eigenvalue weighted by Crippen LogP contribution is 2.45. The van der Waals surface area contributed by atoms with E-state index in [1.54, 1.807) is 19.1 Å². The average Bonchev–Trinajstić information content (AvgIpc) is 3.46. The summed E-state index contributed by atoms with van der Waals surface area (Å²) in [4.78, 5) is 49.8. The Kier molecular flexibility index (Phi) is 9.38. The number of hydrogen-bond acceptors (Lipinski definition) is 8. The van der Waals surface area contributed by atoms with Crippen LogP contribution in [-0.4, -0.2) is 76.8 Å². The van der Waals surface area contributed by atoms with Crippen LogP contribution in [0.3, 0.4) is 0 Å². The predicted molar refractivity (Wildman–Crippen MR) is 168 cm³/mol. The summed E-state index contributed by atoms with van der Waals surface area (Å²) in [7, 11) is 3.27. The third-order valence-electron chi connectivity index (χ3n) is 8.16. The molecule has 3 amide bonds. The highest BCUT2D eigenvalue weighted by atomic mass is 32.1. The summed E-state index contributed by atoms with van der Waals surface area (Å²) in [5.74, 6) is -0.451. The van der Waals surface area contributed by atoms with Gasteiger partial charge in [-0.2, -0.15) is 0 Å². The lowest BCUT2D eigenvalue weighted by atomic mass is 10.1. The Bertz CT molecular complexity index is 1570. The Morgan fingerprint density at radius 2 is 2.05 bits per heavy atom. The number of carboxylic acids is 1. The van der Waals surface area contributed by atoms with Gasteiger partial charge >= 0.3 is 12.0 Å². The van der Waals surface area contributed by atoms with Gasteiger partial charge in [-0.3, -0.25) is 4.79 Å². The molecule has 1 aromatic carbocycles. The van der Waals surface area contributed by atoms with Crippen LogP contribution < -0.4 is 20.1 Å². The van der Waals surface area contributed by atoms with Crippen molar-refractivity contribution in [3.05, 3.63) is 47.5 Å². The molecule has 1 aliphatic carbocycles. The van der Waals surface area contributed by atoms with Crippen molar-refractivity contribution < 1.29 is 29.0 Å². The van der Waals surface area contributed by atoms with Crippen LogP contribution in [0.5, 0.6) is 11.5 Å². The number of urea groups is 1. The van der Waals surface area contributed by atoms with E-state index in [1.165, 1.54) is 11.3 Å². The topological polar surface area (TPSA) is 143 Å². The lowest BCUT2D eigenvalue weighted by molar-refractivity contribution is -0.143. The molecule has 2 aliphatic rings. The summed E-state index contributed by atoms with van der Waals surface area (Å²) in [6, 6.07) is 5.94. The lowest BCUT2D eigenvalue weighted by Crippen LogP contribution is -2.55. The van der Waals surface area contributed by atoms with Gasteiger partial charge in [0, 0.05) is 48.8 Å². The number of carboxylic acid groups (broad SMARTS) is 1.